The predicted molar refractivity (Wildman–Crippen MR) is 89.3 cm³/mol. The zero-order chi connectivity index (χ0) is 13.5. The molecule has 0 N–H and O–H groups in total. The summed E-state index contributed by atoms with van der Waals surface area (Å²) in [6.45, 7) is 7.09. The summed E-state index contributed by atoms with van der Waals surface area (Å²) in [6, 6.07) is 0. The van der Waals surface area contributed by atoms with Gasteiger partial charge in [-0.1, -0.05) is 84.5 Å². The summed E-state index contributed by atoms with van der Waals surface area (Å²) in [4.78, 5) is 0. The highest BCUT2D eigenvalue weighted by atomic mass is 31.1. The van der Waals surface area contributed by atoms with Crippen LogP contribution in [0.15, 0.2) is 0 Å². The zero-order valence-corrected chi connectivity index (χ0v) is 14.2. The van der Waals surface area contributed by atoms with Crippen molar-refractivity contribution in [3.05, 3.63) is 0 Å². The van der Waals surface area contributed by atoms with Gasteiger partial charge in [0.05, 0.1) is 0 Å². The summed E-state index contributed by atoms with van der Waals surface area (Å²) in [5.41, 5.74) is 0. The second-order valence-corrected chi connectivity index (χ2v) is 8.58. The van der Waals surface area contributed by atoms with Crippen LogP contribution in [0.1, 0.15) is 90.9 Å². The molecule has 0 fully saturated rings. The van der Waals surface area contributed by atoms with Crippen LogP contribution in [-0.4, -0.2) is 19.0 Å². The standard InChI is InChI=1S/C17H37P/c1-4-6-7-8-9-10-11-12-13-14-15-16-17-18(3)5-2/h4-17H2,1-3H3. The zero-order valence-electron chi connectivity index (χ0n) is 13.3. The second kappa shape index (κ2) is 15.5. The number of hydrogen-bond donors (Lipinski definition) is 0. The normalized spacial score (nSPS) is 12.8. The topological polar surface area (TPSA) is 0 Å². The summed E-state index contributed by atoms with van der Waals surface area (Å²) in [7, 11) is 0.384. The Morgan fingerprint density at radius 3 is 1.33 bits per heavy atom. The first-order valence-electron chi connectivity index (χ1n) is 8.49. The fourth-order valence-corrected chi connectivity index (χ4v) is 3.46. The second-order valence-electron chi connectivity index (χ2n) is 5.78. The molecule has 0 aromatic carbocycles. The van der Waals surface area contributed by atoms with Crippen LogP contribution in [-0.2, 0) is 0 Å². The molecule has 0 aliphatic rings. The smallest absolute Gasteiger partial charge is 0.0328 e. The molecule has 0 bridgehead atoms. The van der Waals surface area contributed by atoms with Crippen molar-refractivity contribution in [3.8, 4) is 0 Å². The molecule has 0 amide bonds. The average molecular weight is 272 g/mol. The molecule has 18 heavy (non-hydrogen) atoms. The highest BCUT2D eigenvalue weighted by molar-refractivity contribution is 7.56. The Kier molecular flexibility index (Phi) is 15.9. The fraction of sp³-hybridized carbons (Fsp3) is 1.00. The van der Waals surface area contributed by atoms with E-state index in [0.717, 1.165) is 0 Å². The Labute approximate surface area is 118 Å². The molecule has 0 heterocycles. The van der Waals surface area contributed by atoms with Gasteiger partial charge in [-0.3, -0.25) is 0 Å². The Morgan fingerprint density at radius 2 is 0.944 bits per heavy atom. The summed E-state index contributed by atoms with van der Waals surface area (Å²) in [5, 5.41) is 0. The van der Waals surface area contributed by atoms with E-state index in [1.807, 2.05) is 0 Å². The number of hydrogen-bond acceptors (Lipinski definition) is 0. The van der Waals surface area contributed by atoms with Crippen LogP contribution in [0.5, 0.6) is 0 Å². The lowest BCUT2D eigenvalue weighted by atomic mass is 10.1. The minimum atomic E-state index is 0.384. The lowest BCUT2D eigenvalue weighted by molar-refractivity contribution is 0.548. The summed E-state index contributed by atoms with van der Waals surface area (Å²) in [6.07, 6.45) is 20.6. The van der Waals surface area contributed by atoms with Crippen molar-refractivity contribution in [2.24, 2.45) is 0 Å². The first kappa shape index (κ1) is 18.4. The molecule has 1 unspecified atom stereocenters. The third kappa shape index (κ3) is 14.5. The molecule has 0 saturated carbocycles. The van der Waals surface area contributed by atoms with E-state index in [2.05, 4.69) is 20.5 Å². The molecular formula is C17H37P. The molecule has 0 rings (SSSR count). The van der Waals surface area contributed by atoms with Gasteiger partial charge in [0.1, 0.15) is 0 Å². The van der Waals surface area contributed by atoms with Crippen LogP contribution < -0.4 is 0 Å². The Morgan fingerprint density at radius 1 is 0.556 bits per heavy atom. The van der Waals surface area contributed by atoms with Gasteiger partial charge in [0.15, 0.2) is 0 Å². The van der Waals surface area contributed by atoms with Crippen molar-refractivity contribution in [1.82, 2.24) is 0 Å². The first-order valence-corrected chi connectivity index (χ1v) is 10.7. The summed E-state index contributed by atoms with van der Waals surface area (Å²) in [5.74, 6) is 0. The van der Waals surface area contributed by atoms with Gasteiger partial charge in [0.25, 0.3) is 0 Å². The minimum absolute atomic E-state index is 0.384. The van der Waals surface area contributed by atoms with Crippen molar-refractivity contribution in [2.45, 2.75) is 90.9 Å². The molecule has 0 spiro atoms. The third-order valence-electron chi connectivity index (χ3n) is 3.93. The van der Waals surface area contributed by atoms with Gasteiger partial charge in [0, 0.05) is 0 Å². The SMILES string of the molecule is CCCCCCCCCCCCCCP(C)CC. The Bertz CT molecular complexity index is 145. The molecule has 110 valence electrons. The summed E-state index contributed by atoms with van der Waals surface area (Å²) >= 11 is 0. The van der Waals surface area contributed by atoms with Gasteiger partial charge in [-0.2, -0.15) is 0 Å². The van der Waals surface area contributed by atoms with E-state index in [1.54, 1.807) is 0 Å². The van der Waals surface area contributed by atoms with E-state index in [9.17, 15) is 0 Å². The maximum atomic E-state index is 2.45. The van der Waals surface area contributed by atoms with E-state index in [0.29, 0.717) is 7.92 Å². The van der Waals surface area contributed by atoms with Crippen molar-refractivity contribution in [2.75, 3.05) is 19.0 Å². The first-order chi connectivity index (χ1) is 8.81. The van der Waals surface area contributed by atoms with E-state index in [-0.39, 0.29) is 0 Å². The van der Waals surface area contributed by atoms with Crippen LogP contribution in [0, 0.1) is 0 Å². The van der Waals surface area contributed by atoms with Crippen molar-refractivity contribution in [1.29, 1.82) is 0 Å². The lowest BCUT2D eigenvalue weighted by Crippen LogP contribution is -1.87. The van der Waals surface area contributed by atoms with Crippen LogP contribution in [0.4, 0.5) is 0 Å². The van der Waals surface area contributed by atoms with Crippen molar-refractivity contribution < 1.29 is 0 Å². The predicted octanol–water partition coefficient (Wildman–Crippen LogP) is 6.82. The van der Waals surface area contributed by atoms with Crippen LogP contribution in [0.2, 0.25) is 0 Å². The van der Waals surface area contributed by atoms with E-state index < -0.39 is 0 Å². The molecule has 1 atom stereocenters. The van der Waals surface area contributed by atoms with Gasteiger partial charge in [-0.05, 0) is 25.4 Å². The largest absolute Gasteiger partial charge is 0.110 e. The molecule has 0 aliphatic heterocycles. The van der Waals surface area contributed by atoms with Gasteiger partial charge < -0.3 is 0 Å². The van der Waals surface area contributed by atoms with Gasteiger partial charge in [-0.25, -0.2) is 0 Å². The van der Waals surface area contributed by atoms with Crippen molar-refractivity contribution in [3.63, 3.8) is 0 Å². The molecule has 0 aliphatic carbocycles. The fourth-order valence-electron chi connectivity index (χ4n) is 2.38. The van der Waals surface area contributed by atoms with Crippen molar-refractivity contribution >= 4 is 7.92 Å². The summed E-state index contributed by atoms with van der Waals surface area (Å²) < 4.78 is 0. The quantitative estimate of drug-likeness (QED) is 0.240. The molecule has 0 saturated heterocycles. The maximum Gasteiger partial charge on any atom is -0.0328 e. The Hall–Kier alpha value is 0.430. The highest BCUT2D eigenvalue weighted by Crippen LogP contribution is 2.30. The van der Waals surface area contributed by atoms with E-state index in [1.165, 1.54) is 89.4 Å². The lowest BCUT2D eigenvalue weighted by Gasteiger charge is -2.08. The molecule has 0 aromatic heterocycles. The van der Waals surface area contributed by atoms with Gasteiger partial charge >= 0.3 is 0 Å². The van der Waals surface area contributed by atoms with Crippen LogP contribution in [0.25, 0.3) is 0 Å². The number of unbranched alkanes of at least 4 members (excludes halogenated alkanes) is 11. The van der Waals surface area contributed by atoms with E-state index in [4.69, 9.17) is 0 Å². The molecule has 1 heteroatoms. The Balaban J connectivity index is 2.94. The average Bonchev–Trinajstić information content (AvgIpc) is 2.39. The van der Waals surface area contributed by atoms with Gasteiger partial charge in [-0.15, -0.1) is 7.92 Å². The molecule has 0 nitrogen and oxygen atoms in total. The minimum Gasteiger partial charge on any atom is -0.110 e. The van der Waals surface area contributed by atoms with Crippen LogP contribution >= 0.6 is 7.92 Å². The van der Waals surface area contributed by atoms with Crippen LogP contribution in [0.3, 0.4) is 0 Å². The number of rotatable bonds is 14. The maximum absolute atomic E-state index is 2.45. The monoisotopic (exact) mass is 272 g/mol. The molecule has 0 radical (unpaired) electrons. The highest BCUT2D eigenvalue weighted by Gasteiger charge is 1.97. The van der Waals surface area contributed by atoms with E-state index >= 15 is 0 Å². The molecular weight excluding hydrogens is 235 g/mol. The third-order valence-corrected chi connectivity index (χ3v) is 6.09. The molecule has 0 aromatic rings. The van der Waals surface area contributed by atoms with Gasteiger partial charge in [0.2, 0.25) is 0 Å².